The van der Waals surface area contributed by atoms with Crippen molar-refractivity contribution in [3.63, 3.8) is 0 Å². The molecule has 1 fully saturated rings. The molecule has 0 radical (unpaired) electrons. The molecule has 2 nitrogen and oxygen atoms in total. The minimum Gasteiger partial charge on any atom is -0.269 e. The molecule has 2 heteroatoms. The minimum atomic E-state index is 0.555. The zero-order chi connectivity index (χ0) is 9.14. The average Bonchev–Trinajstić information content (AvgIpc) is 2.36. The summed E-state index contributed by atoms with van der Waals surface area (Å²) in [6.45, 7) is 7.59. The van der Waals surface area contributed by atoms with Crippen molar-refractivity contribution in [2.24, 2.45) is 11.8 Å². The third kappa shape index (κ3) is 2.08. The second kappa shape index (κ2) is 4.06. The highest BCUT2D eigenvalue weighted by molar-refractivity contribution is 4.99. The molecule has 0 aromatic heterocycles. The summed E-state index contributed by atoms with van der Waals surface area (Å²) >= 11 is 0. The first-order chi connectivity index (χ1) is 5.65. The number of nitrogens with two attached hydrogens (primary N) is 1. The van der Waals surface area contributed by atoms with Gasteiger partial charge in [0, 0.05) is 12.6 Å². The van der Waals surface area contributed by atoms with E-state index in [1.807, 2.05) is 5.01 Å². The van der Waals surface area contributed by atoms with Crippen LogP contribution in [0.5, 0.6) is 0 Å². The molecule has 0 bridgehead atoms. The van der Waals surface area contributed by atoms with Gasteiger partial charge in [0.05, 0.1) is 0 Å². The molecule has 2 N–H and O–H groups in total. The number of nitrogens with zero attached hydrogens (tertiary/aromatic N) is 1. The molecule has 1 rings (SSSR count). The summed E-state index contributed by atoms with van der Waals surface area (Å²) in [5.74, 6) is 6.57. The first-order valence-electron chi connectivity index (χ1n) is 4.78. The highest BCUT2D eigenvalue weighted by atomic mass is 15.4. The molecule has 2 unspecified atom stereocenters. The van der Waals surface area contributed by atoms with Gasteiger partial charge in [-0.25, -0.2) is 5.01 Å². The largest absolute Gasteiger partial charge is 0.269 e. The molecule has 2 atom stereocenters. The molecule has 1 heterocycles. The Morgan fingerprint density at radius 2 is 2.33 bits per heavy atom. The van der Waals surface area contributed by atoms with E-state index in [0.29, 0.717) is 6.04 Å². The van der Waals surface area contributed by atoms with E-state index in [9.17, 15) is 0 Å². The molecule has 0 spiro atoms. The topological polar surface area (TPSA) is 29.3 Å². The van der Waals surface area contributed by atoms with Crippen molar-refractivity contribution < 1.29 is 0 Å². The average molecular weight is 168 g/mol. The fraction of sp³-hybridized carbons (Fsp3) is 0.800. The summed E-state index contributed by atoms with van der Waals surface area (Å²) < 4.78 is 0. The quantitative estimate of drug-likeness (QED) is 0.504. The van der Waals surface area contributed by atoms with Crippen LogP contribution in [-0.4, -0.2) is 17.6 Å². The second-order valence-corrected chi connectivity index (χ2v) is 3.87. The van der Waals surface area contributed by atoms with E-state index in [1.54, 1.807) is 0 Å². The third-order valence-electron chi connectivity index (χ3n) is 3.04. The lowest BCUT2D eigenvalue weighted by Crippen LogP contribution is -2.36. The molecule has 0 aromatic rings. The Kier molecular flexibility index (Phi) is 3.29. The third-order valence-corrected chi connectivity index (χ3v) is 3.04. The number of rotatable bonds is 2. The van der Waals surface area contributed by atoms with E-state index in [-0.39, 0.29) is 0 Å². The van der Waals surface area contributed by atoms with E-state index >= 15 is 0 Å². The van der Waals surface area contributed by atoms with Crippen molar-refractivity contribution in [3.05, 3.63) is 11.6 Å². The van der Waals surface area contributed by atoms with Gasteiger partial charge in [-0.05, 0) is 39.5 Å². The van der Waals surface area contributed by atoms with Gasteiger partial charge in [-0.2, -0.15) is 0 Å². The van der Waals surface area contributed by atoms with Crippen molar-refractivity contribution >= 4 is 0 Å². The van der Waals surface area contributed by atoms with Gasteiger partial charge in [0.2, 0.25) is 0 Å². The smallest absolute Gasteiger partial charge is 0.0244 e. The maximum atomic E-state index is 5.80. The van der Waals surface area contributed by atoms with Crippen LogP contribution in [0.4, 0.5) is 0 Å². The van der Waals surface area contributed by atoms with Gasteiger partial charge in [-0.3, -0.25) is 5.84 Å². The Morgan fingerprint density at radius 3 is 2.75 bits per heavy atom. The summed E-state index contributed by atoms with van der Waals surface area (Å²) in [7, 11) is 0. The number of hydrogen-bond donors (Lipinski definition) is 1. The van der Waals surface area contributed by atoms with Crippen molar-refractivity contribution in [3.8, 4) is 0 Å². The number of allylic oxidation sites excluding steroid dienone is 2. The molecule has 70 valence electrons. The molecule has 0 aromatic carbocycles. The fourth-order valence-electron chi connectivity index (χ4n) is 1.83. The SMILES string of the molecule is C/C=C(/C)CC1CCN(N)C1C. The van der Waals surface area contributed by atoms with Gasteiger partial charge in [0.15, 0.2) is 0 Å². The molecule has 12 heavy (non-hydrogen) atoms. The van der Waals surface area contributed by atoms with E-state index in [4.69, 9.17) is 5.84 Å². The number of hydrogen-bond acceptors (Lipinski definition) is 2. The Balaban J connectivity index is 2.44. The van der Waals surface area contributed by atoms with Crippen LogP contribution in [0, 0.1) is 5.92 Å². The van der Waals surface area contributed by atoms with Crippen LogP contribution >= 0.6 is 0 Å². The summed E-state index contributed by atoms with van der Waals surface area (Å²) in [4.78, 5) is 0. The molecule has 0 saturated carbocycles. The summed E-state index contributed by atoms with van der Waals surface area (Å²) in [5, 5.41) is 1.97. The zero-order valence-corrected chi connectivity index (χ0v) is 8.38. The fourth-order valence-corrected chi connectivity index (χ4v) is 1.83. The monoisotopic (exact) mass is 168 g/mol. The number of hydrazine groups is 1. The van der Waals surface area contributed by atoms with Crippen LogP contribution < -0.4 is 5.84 Å². The van der Waals surface area contributed by atoms with Crippen LogP contribution in [0.15, 0.2) is 11.6 Å². The van der Waals surface area contributed by atoms with Gasteiger partial charge in [0.1, 0.15) is 0 Å². The summed E-state index contributed by atoms with van der Waals surface area (Å²) in [5.41, 5.74) is 1.49. The molecule has 0 aliphatic carbocycles. The highest BCUT2D eigenvalue weighted by Gasteiger charge is 2.28. The molecule has 1 aliphatic rings. The van der Waals surface area contributed by atoms with E-state index in [2.05, 4.69) is 26.8 Å². The van der Waals surface area contributed by atoms with Crippen LogP contribution in [0.1, 0.15) is 33.6 Å². The predicted octanol–water partition coefficient (Wildman–Crippen LogP) is 1.93. The maximum Gasteiger partial charge on any atom is 0.0244 e. The predicted molar refractivity (Wildman–Crippen MR) is 52.5 cm³/mol. The zero-order valence-electron chi connectivity index (χ0n) is 8.38. The second-order valence-electron chi connectivity index (χ2n) is 3.87. The minimum absolute atomic E-state index is 0.555. The molecule has 0 amide bonds. The molecule has 1 aliphatic heterocycles. The molecular weight excluding hydrogens is 148 g/mol. The normalized spacial score (nSPS) is 32.8. The lowest BCUT2D eigenvalue weighted by Gasteiger charge is -2.19. The Bertz CT molecular complexity index is 175. The highest BCUT2D eigenvalue weighted by Crippen LogP contribution is 2.26. The maximum absolute atomic E-state index is 5.80. The lowest BCUT2D eigenvalue weighted by atomic mass is 9.94. The molecular formula is C10H20N2. The Morgan fingerprint density at radius 1 is 1.67 bits per heavy atom. The van der Waals surface area contributed by atoms with Gasteiger partial charge in [0.25, 0.3) is 0 Å². The van der Waals surface area contributed by atoms with Crippen LogP contribution in [0.25, 0.3) is 0 Å². The Labute approximate surface area is 75.4 Å². The Hall–Kier alpha value is -0.340. The summed E-state index contributed by atoms with van der Waals surface area (Å²) in [6.07, 6.45) is 4.67. The molecule has 1 saturated heterocycles. The van der Waals surface area contributed by atoms with E-state index < -0.39 is 0 Å². The van der Waals surface area contributed by atoms with Gasteiger partial charge >= 0.3 is 0 Å². The van der Waals surface area contributed by atoms with Gasteiger partial charge in [-0.15, -0.1) is 0 Å². The van der Waals surface area contributed by atoms with Crippen molar-refractivity contribution in [1.29, 1.82) is 0 Å². The van der Waals surface area contributed by atoms with Crippen LogP contribution in [0.2, 0.25) is 0 Å². The standard InChI is InChI=1S/C10H20N2/c1-4-8(2)7-10-5-6-12(11)9(10)3/h4,9-10H,5-7,11H2,1-3H3/b8-4-. The van der Waals surface area contributed by atoms with E-state index in [0.717, 1.165) is 12.5 Å². The van der Waals surface area contributed by atoms with E-state index in [1.165, 1.54) is 18.4 Å². The van der Waals surface area contributed by atoms with Crippen LogP contribution in [0.3, 0.4) is 0 Å². The van der Waals surface area contributed by atoms with Crippen LogP contribution in [-0.2, 0) is 0 Å². The van der Waals surface area contributed by atoms with Crippen molar-refractivity contribution in [2.45, 2.75) is 39.7 Å². The van der Waals surface area contributed by atoms with Crippen molar-refractivity contribution in [1.82, 2.24) is 5.01 Å². The van der Waals surface area contributed by atoms with Gasteiger partial charge < -0.3 is 0 Å². The first-order valence-corrected chi connectivity index (χ1v) is 4.78. The summed E-state index contributed by atoms with van der Waals surface area (Å²) in [6, 6.07) is 0.555. The van der Waals surface area contributed by atoms with Crippen molar-refractivity contribution in [2.75, 3.05) is 6.54 Å². The first kappa shape index (κ1) is 9.75. The lowest BCUT2D eigenvalue weighted by molar-refractivity contribution is 0.248. The van der Waals surface area contributed by atoms with Gasteiger partial charge in [-0.1, -0.05) is 11.6 Å².